The van der Waals surface area contributed by atoms with Crippen LogP contribution in [0, 0.1) is 0 Å². The van der Waals surface area contributed by atoms with Crippen LogP contribution < -0.4 is 5.73 Å². The van der Waals surface area contributed by atoms with E-state index in [1.165, 1.54) is 16.2 Å². The van der Waals surface area contributed by atoms with E-state index in [4.69, 9.17) is 5.73 Å². The Kier molecular flexibility index (Phi) is 4.68. The van der Waals surface area contributed by atoms with Gasteiger partial charge in [0.2, 0.25) is 0 Å². The fourth-order valence-corrected chi connectivity index (χ4v) is 3.22. The highest BCUT2D eigenvalue weighted by molar-refractivity contribution is 7.10. The van der Waals surface area contributed by atoms with Gasteiger partial charge in [-0.15, -0.1) is 22.7 Å². The number of carbonyl (C=O) groups excluding carboxylic acids is 1. The summed E-state index contributed by atoms with van der Waals surface area (Å²) in [5.41, 5.74) is 6.01. The molecule has 102 valence electrons. The number of nitrogens with zero attached hydrogens (tertiary/aromatic N) is 2. The molecular formula is C13H17N3OS2. The highest BCUT2D eigenvalue weighted by atomic mass is 32.1. The van der Waals surface area contributed by atoms with Crippen LogP contribution in [-0.4, -0.2) is 28.9 Å². The molecule has 2 N–H and O–H groups in total. The molecule has 0 radical (unpaired) electrons. The van der Waals surface area contributed by atoms with E-state index in [1.54, 1.807) is 21.6 Å². The molecule has 2 heterocycles. The third-order valence-electron chi connectivity index (χ3n) is 3.00. The average Bonchev–Trinajstić information content (AvgIpc) is 3.07. The number of hydrogen-bond donors (Lipinski definition) is 1. The monoisotopic (exact) mass is 295 g/mol. The van der Waals surface area contributed by atoms with Crippen molar-refractivity contribution in [1.29, 1.82) is 0 Å². The normalized spacial score (nSPS) is 12.4. The molecule has 0 aromatic carbocycles. The predicted molar refractivity (Wildman–Crippen MR) is 79.6 cm³/mol. The second kappa shape index (κ2) is 6.27. The fourth-order valence-electron chi connectivity index (χ4n) is 1.74. The van der Waals surface area contributed by atoms with Crippen LogP contribution in [0.15, 0.2) is 22.9 Å². The molecule has 0 aliphatic carbocycles. The zero-order valence-corrected chi connectivity index (χ0v) is 12.6. The van der Waals surface area contributed by atoms with Gasteiger partial charge in [0.25, 0.3) is 5.91 Å². The number of rotatable bonds is 5. The van der Waals surface area contributed by atoms with Crippen LogP contribution in [0.4, 0.5) is 0 Å². The van der Waals surface area contributed by atoms with Crippen molar-refractivity contribution in [3.8, 4) is 0 Å². The smallest absolute Gasteiger partial charge is 0.273 e. The SMILES string of the molecule is CC(Cc1cccs1)N(C)C(=O)c1csc(CN)n1. The molecule has 4 nitrogen and oxygen atoms in total. The first-order valence-electron chi connectivity index (χ1n) is 6.05. The van der Waals surface area contributed by atoms with Gasteiger partial charge in [-0.05, 0) is 18.4 Å². The number of likely N-dealkylation sites (N-methyl/N-ethyl adjacent to an activating group) is 1. The van der Waals surface area contributed by atoms with Gasteiger partial charge in [0.1, 0.15) is 10.7 Å². The van der Waals surface area contributed by atoms with E-state index in [0.29, 0.717) is 12.2 Å². The maximum Gasteiger partial charge on any atom is 0.273 e. The van der Waals surface area contributed by atoms with Crippen molar-refractivity contribution in [3.63, 3.8) is 0 Å². The third kappa shape index (κ3) is 3.40. The summed E-state index contributed by atoms with van der Waals surface area (Å²) < 4.78 is 0. The number of amides is 1. The summed E-state index contributed by atoms with van der Waals surface area (Å²) >= 11 is 3.15. The minimum atomic E-state index is -0.0417. The molecule has 0 fully saturated rings. The molecule has 6 heteroatoms. The van der Waals surface area contributed by atoms with Crippen LogP contribution >= 0.6 is 22.7 Å². The number of thiophene rings is 1. The van der Waals surface area contributed by atoms with E-state index in [-0.39, 0.29) is 11.9 Å². The second-order valence-corrected chi connectivity index (χ2v) is 6.35. The van der Waals surface area contributed by atoms with Crippen LogP contribution in [0.1, 0.15) is 27.3 Å². The number of aromatic nitrogens is 1. The Balaban J connectivity index is 2.01. The zero-order chi connectivity index (χ0) is 13.8. The molecule has 0 saturated heterocycles. The van der Waals surface area contributed by atoms with Crippen LogP contribution in [-0.2, 0) is 13.0 Å². The highest BCUT2D eigenvalue weighted by Gasteiger charge is 2.20. The largest absolute Gasteiger partial charge is 0.337 e. The standard InChI is InChI=1S/C13H17N3OS2/c1-9(6-10-4-3-5-18-10)16(2)13(17)11-8-19-12(7-14)15-11/h3-5,8-9H,6-7,14H2,1-2H3. The van der Waals surface area contributed by atoms with Crippen LogP contribution in [0.5, 0.6) is 0 Å². The zero-order valence-electron chi connectivity index (χ0n) is 11.0. The average molecular weight is 295 g/mol. The van der Waals surface area contributed by atoms with Crippen LogP contribution in [0.25, 0.3) is 0 Å². The van der Waals surface area contributed by atoms with Gasteiger partial charge < -0.3 is 10.6 Å². The molecule has 2 rings (SSSR count). The number of thiazole rings is 1. The topological polar surface area (TPSA) is 59.2 Å². The molecule has 0 bridgehead atoms. The lowest BCUT2D eigenvalue weighted by molar-refractivity contribution is 0.0738. The summed E-state index contributed by atoms with van der Waals surface area (Å²) in [6.07, 6.45) is 0.869. The number of hydrogen-bond acceptors (Lipinski definition) is 5. The minimum absolute atomic E-state index is 0.0417. The lowest BCUT2D eigenvalue weighted by atomic mass is 10.2. The molecule has 1 amide bonds. The van der Waals surface area contributed by atoms with Crippen molar-refractivity contribution < 1.29 is 4.79 Å². The van der Waals surface area contributed by atoms with Gasteiger partial charge in [0.15, 0.2) is 0 Å². The summed E-state index contributed by atoms with van der Waals surface area (Å²) in [7, 11) is 1.82. The molecule has 2 aromatic heterocycles. The van der Waals surface area contributed by atoms with Crippen molar-refractivity contribution in [1.82, 2.24) is 9.88 Å². The van der Waals surface area contributed by atoms with Crippen molar-refractivity contribution in [2.45, 2.75) is 25.9 Å². The Morgan fingerprint density at radius 2 is 2.32 bits per heavy atom. The Bertz CT molecular complexity index is 536. The summed E-state index contributed by atoms with van der Waals surface area (Å²) in [5, 5.41) is 4.62. The molecule has 2 aromatic rings. The minimum Gasteiger partial charge on any atom is -0.337 e. The maximum atomic E-state index is 12.3. The molecular weight excluding hydrogens is 278 g/mol. The van der Waals surface area contributed by atoms with E-state index >= 15 is 0 Å². The summed E-state index contributed by atoms with van der Waals surface area (Å²) in [6, 6.07) is 4.27. The van der Waals surface area contributed by atoms with Gasteiger partial charge in [0.05, 0.1) is 0 Å². The van der Waals surface area contributed by atoms with Crippen molar-refractivity contribution in [2.75, 3.05) is 7.05 Å². The van der Waals surface area contributed by atoms with Crippen molar-refractivity contribution >= 4 is 28.6 Å². The molecule has 19 heavy (non-hydrogen) atoms. The Morgan fingerprint density at radius 3 is 2.89 bits per heavy atom. The van der Waals surface area contributed by atoms with Gasteiger partial charge in [-0.2, -0.15) is 0 Å². The Hall–Kier alpha value is -1.24. The summed E-state index contributed by atoms with van der Waals surface area (Å²) in [6.45, 7) is 2.43. The Morgan fingerprint density at radius 1 is 1.53 bits per heavy atom. The van der Waals surface area contributed by atoms with Crippen LogP contribution in [0.3, 0.4) is 0 Å². The first kappa shape index (κ1) is 14.2. The van der Waals surface area contributed by atoms with Gasteiger partial charge in [-0.3, -0.25) is 4.79 Å². The summed E-state index contributed by atoms with van der Waals surface area (Å²) in [4.78, 5) is 19.5. The second-order valence-electron chi connectivity index (χ2n) is 4.38. The lowest BCUT2D eigenvalue weighted by Crippen LogP contribution is -2.36. The van der Waals surface area contributed by atoms with E-state index in [1.807, 2.05) is 20.0 Å². The van der Waals surface area contributed by atoms with E-state index in [2.05, 4.69) is 16.4 Å². The molecule has 1 unspecified atom stereocenters. The molecule has 0 saturated carbocycles. The predicted octanol–water partition coefficient (Wildman–Crippen LogP) is 2.37. The number of nitrogens with two attached hydrogens (primary N) is 1. The van der Waals surface area contributed by atoms with Gasteiger partial charge in [-0.1, -0.05) is 6.07 Å². The van der Waals surface area contributed by atoms with Crippen molar-refractivity contribution in [2.24, 2.45) is 5.73 Å². The molecule has 0 spiro atoms. The van der Waals surface area contributed by atoms with Gasteiger partial charge >= 0.3 is 0 Å². The van der Waals surface area contributed by atoms with Gasteiger partial charge in [-0.25, -0.2) is 4.98 Å². The summed E-state index contributed by atoms with van der Waals surface area (Å²) in [5.74, 6) is -0.0417. The lowest BCUT2D eigenvalue weighted by Gasteiger charge is -2.23. The van der Waals surface area contributed by atoms with E-state index < -0.39 is 0 Å². The Labute approximate surface area is 120 Å². The first-order valence-corrected chi connectivity index (χ1v) is 7.81. The van der Waals surface area contributed by atoms with E-state index in [0.717, 1.165) is 11.4 Å². The fraction of sp³-hybridized carbons (Fsp3) is 0.385. The molecule has 1 atom stereocenters. The first-order chi connectivity index (χ1) is 9.11. The third-order valence-corrected chi connectivity index (χ3v) is 4.77. The molecule has 0 aliphatic rings. The van der Waals surface area contributed by atoms with Gasteiger partial charge in [0, 0.05) is 36.3 Å². The van der Waals surface area contributed by atoms with Crippen molar-refractivity contribution in [3.05, 3.63) is 38.5 Å². The number of carbonyl (C=O) groups is 1. The quantitative estimate of drug-likeness (QED) is 0.921. The van der Waals surface area contributed by atoms with Crippen LogP contribution in [0.2, 0.25) is 0 Å². The highest BCUT2D eigenvalue weighted by Crippen LogP contribution is 2.16. The maximum absolute atomic E-state index is 12.3. The van der Waals surface area contributed by atoms with E-state index in [9.17, 15) is 4.79 Å². The molecule has 0 aliphatic heterocycles.